The molecule has 5 nitrogen and oxygen atoms in total. The van der Waals surface area contributed by atoms with Gasteiger partial charge in [0.2, 0.25) is 0 Å². The zero-order chi connectivity index (χ0) is 14.7. The van der Waals surface area contributed by atoms with Gasteiger partial charge in [-0.2, -0.15) is 0 Å². The number of imidazole rings is 1. The van der Waals surface area contributed by atoms with Crippen LogP contribution in [0.15, 0.2) is 59.3 Å². The molecule has 106 valence electrons. The molecular formula is C15H12BrN3O2. The van der Waals surface area contributed by atoms with Gasteiger partial charge in [-0.15, -0.1) is 0 Å². The van der Waals surface area contributed by atoms with Crippen LogP contribution in [0.2, 0.25) is 0 Å². The average Bonchev–Trinajstić information content (AvgIpc) is 2.90. The Kier molecular flexibility index (Phi) is 3.87. The van der Waals surface area contributed by atoms with Crippen molar-refractivity contribution in [3.63, 3.8) is 0 Å². The van der Waals surface area contributed by atoms with E-state index in [0.29, 0.717) is 5.82 Å². The van der Waals surface area contributed by atoms with Gasteiger partial charge >= 0.3 is 6.09 Å². The molecule has 2 aromatic heterocycles. The van der Waals surface area contributed by atoms with Crippen LogP contribution in [0.4, 0.5) is 10.6 Å². The molecule has 0 spiro atoms. The van der Waals surface area contributed by atoms with Crippen molar-refractivity contribution < 1.29 is 9.53 Å². The van der Waals surface area contributed by atoms with Gasteiger partial charge in [0, 0.05) is 0 Å². The number of aromatic nitrogens is 2. The average molecular weight is 346 g/mol. The third-order valence-corrected chi connectivity index (χ3v) is 3.53. The van der Waals surface area contributed by atoms with Gasteiger partial charge in [0.25, 0.3) is 0 Å². The molecule has 3 aromatic rings. The lowest BCUT2D eigenvalue weighted by Gasteiger charge is -2.04. The quantitative estimate of drug-likeness (QED) is 0.733. The zero-order valence-corrected chi connectivity index (χ0v) is 12.6. The van der Waals surface area contributed by atoms with Gasteiger partial charge in [-0.25, -0.2) is 9.78 Å². The predicted molar refractivity (Wildman–Crippen MR) is 83.1 cm³/mol. The summed E-state index contributed by atoms with van der Waals surface area (Å²) in [6.07, 6.45) is 1.20. The van der Waals surface area contributed by atoms with Crippen molar-refractivity contribution in [2.75, 3.05) is 5.32 Å². The maximum Gasteiger partial charge on any atom is 0.413 e. The fraction of sp³-hybridized carbons (Fsp3) is 0.0667. The summed E-state index contributed by atoms with van der Waals surface area (Å²) in [7, 11) is 0. The second-order valence-electron chi connectivity index (χ2n) is 4.39. The van der Waals surface area contributed by atoms with Gasteiger partial charge < -0.3 is 4.74 Å². The minimum atomic E-state index is -0.529. The Bertz CT molecular complexity index is 771. The number of anilines is 1. The second-order valence-corrected chi connectivity index (χ2v) is 5.20. The van der Waals surface area contributed by atoms with Crippen molar-refractivity contribution in [3.8, 4) is 0 Å². The van der Waals surface area contributed by atoms with E-state index >= 15 is 0 Å². The molecule has 0 unspecified atom stereocenters. The third kappa shape index (κ3) is 3.22. The Morgan fingerprint density at radius 2 is 2.00 bits per heavy atom. The molecule has 1 N–H and O–H groups in total. The molecule has 6 heteroatoms. The zero-order valence-electron chi connectivity index (χ0n) is 11.0. The smallest absolute Gasteiger partial charge is 0.413 e. The highest BCUT2D eigenvalue weighted by Gasteiger charge is 2.08. The fourth-order valence-electron chi connectivity index (χ4n) is 1.90. The predicted octanol–water partition coefficient (Wildman–Crippen LogP) is 3.85. The lowest BCUT2D eigenvalue weighted by Crippen LogP contribution is -2.13. The number of nitrogens with zero attached hydrogens (tertiary/aromatic N) is 2. The summed E-state index contributed by atoms with van der Waals surface area (Å²) in [4.78, 5) is 16.0. The Morgan fingerprint density at radius 1 is 1.19 bits per heavy atom. The van der Waals surface area contributed by atoms with Gasteiger partial charge in [-0.05, 0) is 33.6 Å². The summed E-state index contributed by atoms with van der Waals surface area (Å²) in [6.45, 7) is 0.226. The maximum atomic E-state index is 11.8. The highest BCUT2D eigenvalue weighted by Crippen LogP contribution is 2.16. The molecule has 0 bridgehead atoms. The number of nitrogens with one attached hydrogen (secondary N) is 1. The van der Waals surface area contributed by atoms with Crippen molar-refractivity contribution in [1.29, 1.82) is 0 Å². The molecule has 0 aliphatic heterocycles. The van der Waals surface area contributed by atoms with Crippen molar-refractivity contribution >= 4 is 33.5 Å². The van der Waals surface area contributed by atoms with Crippen LogP contribution in [-0.2, 0) is 11.3 Å². The van der Waals surface area contributed by atoms with Crippen molar-refractivity contribution in [1.82, 2.24) is 9.38 Å². The molecule has 1 amide bonds. The molecule has 1 aromatic carbocycles. The Labute approximate surface area is 129 Å². The van der Waals surface area contributed by atoms with Gasteiger partial charge in [-0.1, -0.05) is 36.4 Å². The molecule has 0 aliphatic rings. The van der Waals surface area contributed by atoms with E-state index in [1.54, 1.807) is 6.20 Å². The fourth-order valence-corrected chi connectivity index (χ4v) is 2.34. The molecule has 0 saturated heterocycles. The van der Waals surface area contributed by atoms with Gasteiger partial charge in [0.05, 0.1) is 10.8 Å². The van der Waals surface area contributed by atoms with E-state index < -0.39 is 6.09 Å². The van der Waals surface area contributed by atoms with Gasteiger partial charge in [-0.3, -0.25) is 9.72 Å². The molecule has 0 atom stereocenters. The number of halogens is 1. The van der Waals surface area contributed by atoms with E-state index in [0.717, 1.165) is 15.8 Å². The van der Waals surface area contributed by atoms with Crippen molar-refractivity contribution in [2.24, 2.45) is 0 Å². The topological polar surface area (TPSA) is 55.6 Å². The maximum absolute atomic E-state index is 11.8. The number of hydrogen-bond donors (Lipinski definition) is 1. The van der Waals surface area contributed by atoms with Crippen LogP contribution in [0, 0.1) is 0 Å². The highest BCUT2D eigenvalue weighted by molar-refractivity contribution is 9.10. The molecule has 21 heavy (non-hydrogen) atoms. The summed E-state index contributed by atoms with van der Waals surface area (Å²) in [5, 5.41) is 2.61. The number of ether oxygens (including phenoxy) is 1. The van der Waals surface area contributed by atoms with E-state index in [9.17, 15) is 4.79 Å². The van der Waals surface area contributed by atoms with Crippen molar-refractivity contribution in [2.45, 2.75) is 6.61 Å². The van der Waals surface area contributed by atoms with Crippen LogP contribution in [0.25, 0.3) is 5.65 Å². The highest BCUT2D eigenvalue weighted by atomic mass is 79.9. The third-order valence-electron chi connectivity index (χ3n) is 2.89. The summed E-state index contributed by atoms with van der Waals surface area (Å²) in [5.74, 6) is 0.444. The van der Waals surface area contributed by atoms with Crippen LogP contribution in [0.5, 0.6) is 0 Å². The van der Waals surface area contributed by atoms with Gasteiger partial charge in [0.15, 0.2) is 5.82 Å². The number of carbonyl (C=O) groups is 1. The molecule has 0 fully saturated rings. The number of rotatable bonds is 3. The lowest BCUT2D eigenvalue weighted by molar-refractivity contribution is 0.155. The normalized spacial score (nSPS) is 10.5. The van der Waals surface area contributed by atoms with Crippen LogP contribution >= 0.6 is 15.9 Å². The van der Waals surface area contributed by atoms with E-state index in [-0.39, 0.29) is 6.61 Å². The monoisotopic (exact) mass is 345 g/mol. The number of amides is 1. The molecule has 0 aliphatic carbocycles. The van der Waals surface area contributed by atoms with Crippen LogP contribution in [0.3, 0.4) is 0 Å². The van der Waals surface area contributed by atoms with Crippen LogP contribution in [0.1, 0.15) is 5.56 Å². The first-order valence-electron chi connectivity index (χ1n) is 6.34. The SMILES string of the molecule is O=C(Nc1cn2c(Br)cccc2n1)OCc1ccccc1. The van der Waals surface area contributed by atoms with Crippen LogP contribution < -0.4 is 5.32 Å². The van der Waals surface area contributed by atoms with E-state index in [1.165, 1.54) is 0 Å². The minimum absolute atomic E-state index is 0.226. The minimum Gasteiger partial charge on any atom is -0.444 e. The number of pyridine rings is 1. The first-order chi connectivity index (χ1) is 10.2. The first-order valence-corrected chi connectivity index (χ1v) is 7.13. The molecule has 0 radical (unpaired) electrons. The number of hydrogen-bond acceptors (Lipinski definition) is 3. The Morgan fingerprint density at radius 3 is 2.76 bits per heavy atom. The van der Waals surface area contributed by atoms with E-state index in [2.05, 4.69) is 26.2 Å². The standard InChI is InChI=1S/C15H12BrN3O2/c16-12-7-4-8-14-17-13(9-19(12)14)18-15(20)21-10-11-5-2-1-3-6-11/h1-9H,10H2,(H,18,20). The molecule has 0 saturated carbocycles. The summed E-state index contributed by atoms with van der Waals surface area (Å²) >= 11 is 3.42. The second kappa shape index (κ2) is 5.97. The van der Waals surface area contributed by atoms with E-state index in [1.807, 2.05) is 52.9 Å². The number of carbonyl (C=O) groups excluding carboxylic acids is 1. The number of benzene rings is 1. The van der Waals surface area contributed by atoms with Gasteiger partial charge in [0.1, 0.15) is 12.3 Å². The summed E-state index contributed by atoms with van der Waals surface area (Å²) in [5.41, 5.74) is 1.67. The van der Waals surface area contributed by atoms with E-state index in [4.69, 9.17) is 4.74 Å². The molecular weight excluding hydrogens is 334 g/mol. The largest absolute Gasteiger partial charge is 0.444 e. The number of fused-ring (bicyclic) bond motifs is 1. The molecule has 3 rings (SSSR count). The lowest BCUT2D eigenvalue weighted by atomic mass is 10.2. The summed E-state index contributed by atoms with van der Waals surface area (Å²) < 4.78 is 7.83. The summed E-state index contributed by atoms with van der Waals surface area (Å²) in [6, 6.07) is 15.1. The first kappa shape index (κ1) is 13.6. The molecule has 2 heterocycles. The Hall–Kier alpha value is -2.34. The van der Waals surface area contributed by atoms with Crippen molar-refractivity contribution in [3.05, 3.63) is 64.9 Å². The Balaban J connectivity index is 1.65. The van der Waals surface area contributed by atoms with Crippen LogP contribution in [-0.4, -0.2) is 15.5 Å².